The molecule has 1 aromatic carbocycles. The second kappa shape index (κ2) is 5.75. The average molecular weight is 313 g/mol. The molecular formula is C14H19NO5S. The van der Waals surface area contributed by atoms with Crippen LogP contribution >= 0.6 is 0 Å². The maximum atomic E-state index is 12.8. The lowest BCUT2D eigenvalue weighted by molar-refractivity contribution is 0.0696. The maximum absolute atomic E-state index is 12.8. The zero-order valence-electron chi connectivity index (χ0n) is 12.0. The van der Waals surface area contributed by atoms with Crippen molar-refractivity contribution in [2.75, 3.05) is 13.2 Å². The molecule has 21 heavy (non-hydrogen) atoms. The summed E-state index contributed by atoms with van der Waals surface area (Å²) in [4.78, 5) is 11.2. The zero-order valence-corrected chi connectivity index (χ0v) is 12.9. The number of aryl methyl sites for hydroxylation is 1. The Morgan fingerprint density at radius 1 is 1.33 bits per heavy atom. The quantitative estimate of drug-likeness (QED) is 0.821. The van der Waals surface area contributed by atoms with Crippen LogP contribution in [0.15, 0.2) is 17.0 Å². The number of carboxylic acid groups (broad SMARTS) is 1. The van der Waals surface area contributed by atoms with E-state index in [1.54, 1.807) is 13.8 Å². The third kappa shape index (κ3) is 3.09. The van der Waals surface area contributed by atoms with Crippen molar-refractivity contribution in [3.63, 3.8) is 0 Å². The molecule has 0 unspecified atom stereocenters. The number of sulfonamides is 1. The second-order valence-electron chi connectivity index (χ2n) is 5.29. The highest BCUT2D eigenvalue weighted by atomic mass is 32.2. The van der Waals surface area contributed by atoms with Crippen molar-refractivity contribution in [2.24, 2.45) is 0 Å². The number of hydrogen-bond donors (Lipinski definition) is 2. The van der Waals surface area contributed by atoms with Crippen LogP contribution in [-0.4, -0.2) is 48.1 Å². The lowest BCUT2D eigenvalue weighted by Gasteiger charge is -2.22. The first kappa shape index (κ1) is 15.9. The molecule has 0 atom stereocenters. The third-order valence-electron chi connectivity index (χ3n) is 3.73. The molecule has 2 rings (SSSR count). The van der Waals surface area contributed by atoms with Gasteiger partial charge < -0.3 is 10.2 Å². The fourth-order valence-corrected chi connectivity index (χ4v) is 4.31. The molecule has 0 aliphatic heterocycles. The van der Waals surface area contributed by atoms with Crippen LogP contribution < -0.4 is 0 Å². The number of carbonyl (C=O) groups is 1. The number of aromatic carboxylic acids is 1. The van der Waals surface area contributed by atoms with E-state index in [2.05, 4.69) is 0 Å². The van der Waals surface area contributed by atoms with Crippen molar-refractivity contribution in [1.82, 2.24) is 4.31 Å². The fraction of sp³-hybridized carbons (Fsp3) is 0.500. The van der Waals surface area contributed by atoms with Gasteiger partial charge in [0.15, 0.2) is 0 Å². The van der Waals surface area contributed by atoms with Gasteiger partial charge in [-0.1, -0.05) is 0 Å². The molecule has 7 heteroatoms. The zero-order chi connectivity index (χ0) is 15.8. The van der Waals surface area contributed by atoms with Gasteiger partial charge in [-0.05, 0) is 49.9 Å². The maximum Gasteiger partial charge on any atom is 0.335 e. The summed E-state index contributed by atoms with van der Waals surface area (Å²) in [7, 11) is -3.80. The van der Waals surface area contributed by atoms with E-state index < -0.39 is 16.0 Å². The van der Waals surface area contributed by atoms with E-state index >= 15 is 0 Å². The van der Waals surface area contributed by atoms with E-state index in [4.69, 9.17) is 10.2 Å². The lowest BCUT2D eigenvalue weighted by atomic mass is 10.1. The van der Waals surface area contributed by atoms with Gasteiger partial charge in [0.2, 0.25) is 10.0 Å². The molecule has 116 valence electrons. The van der Waals surface area contributed by atoms with Crippen LogP contribution in [-0.2, 0) is 10.0 Å². The molecule has 0 spiro atoms. The molecule has 1 saturated carbocycles. The molecule has 6 nitrogen and oxygen atoms in total. The summed E-state index contributed by atoms with van der Waals surface area (Å²) in [5, 5.41) is 18.2. The molecule has 1 aliphatic rings. The fourth-order valence-electron chi connectivity index (χ4n) is 2.30. The minimum atomic E-state index is -3.80. The van der Waals surface area contributed by atoms with Gasteiger partial charge in [0.05, 0.1) is 17.1 Å². The predicted octanol–water partition coefficient (Wildman–Crippen LogP) is 1.15. The van der Waals surface area contributed by atoms with E-state index in [1.807, 2.05) is 0 Å². The highest BCUT2D eigenvalue weighted by Crippen LogP contribution is 2.33. The Morgan fingerprint density at radius 2 is 1.95 bits per heavy atom. The molecule has 0 aromatic heterocycles. The Bertz CT molecular complexity index is 664. The van der Waals surface area contributed by atoms with Crippen molar-refractivity contribution >= 4 is 16.0 Å². The number of aliphatic hydroxyl groups excluding tert-OH is 1. The van der Waals surface area contributed by atoms with Gasteiger partial charge in [0.25, 0.3) is 0 Å². The van der Waals surface area contributed by atoms with Crippen LogP contribution in [0.1, 0.15) is 34.3 Å². The third-order valence-corrected chi connectivity index (χ3v) is 5.81. The average Bonchev–Trinajstić information content (AvgIpc) is 3.22. The predicted molar refractivity (Wildman–Crippen MR) is 76.9 cm³/mol. The normalized spacial score (nSPS) is 15.4. The van der Waals surface area contributed by atoms with Gasteiger partial charge in [-0.25, -0.2) is 13.2 Å². The number of benzene rings is 1. The van der Waals surface area contributed by atoms with E-state index in [0.717, 1.165) is 12.8 Å². The van der Waals surface area contributed by atoms with Crippen molar-refractivity contribution in [1.29, 1.82) is 0 Å². The lowest BCUT2D eigenvalue weighted by Crippen LogP contribution is -2.36. The van der Waals surface area contributed by atoms with E-state index in [-0.39, 0.29) is 29.7 Å². The van der Waals surface area contributed by atoms with Gasteiger partial charge in [-0.3, -0.25) is 0 Å². The summed E-state index contributed by atoms with van der Waals surface area (Å²) < 4.78 is 26.8. The second-order valence-corrected chi connectivity index (χ2v) is 7.15. The standard InChI is InChI=1S/C14H19NO5S/c1-9-7-11(14(17)18)8-13(10(9)2)21(19,20)15(5-6-16)12-3-4-12/h7-8,12,16H,3-6H2,1-2H3,(H,17,18). The first-order valence-electron chi connectivity index (χ1n) is 6.76. The van der Waals surface area contributed by atoms with Crippen LogP contribution in [0.25, 0.3) is 0 Å². The number of hydrogen-bond acceptors (Lipinski definition) is 4. The Morgan fingerprint density at radius 3 is 2.43 bits per heavy atom. The Labute approximate surface area is 124 Å². The summed E-state index contributed by atoms with van der Waals surface area (Å²) in [5.74, 6) is -1.16. The smallest absolute Gasteiger partial charge is 0.335 e. The largest absolute Gasteiger partial charge is 0.478 e. The van der Waals surface area contributed by atoms with Crippen LogP contribution in [0.4, 0.5) is 0 Å². The van der Waals surface area contributed by atoms with Crippen molar-refractivity contribution < 1.29 is 23.4 Å². The van der Waals surface area contributed by atoms with E-state index in [1.165, 1.54) is 16.4 Å². The molecule has 1 aliphatic carbocycles. The monoisotopic (exact) mass is 313 g/mol. The molecule has 0 bridgehead atoms. The minimum absolute atomic E-state index is 0.0141. The summed E-state index contributed by atoms with van der Waals surface area (Å²) in [6, 6.07) is 2.58. The minimum Gasteiger partial charge on any atom is -0.478 e. The van der Waals surface area contributed by atoms with Crippen LogP contribution in [0.2, 0.25) is 0 Å². The highest BCUT2D eigenvalue weighted by molar-refractivity contribution is 7.89. The van der Waals surface area contributed by atoms with Crippen LogP contribution in [0.3, 0.4) is 0 Å². The summed E-state index contributed by atoms with van der Waals surface area (Å²) in [6.07, 6.45) is 1.55. The molecule has 2 N–H and O–H groups in total. The molecule has 0 heterocycles. The van der Waals surface area contributed by atoms with Gasteiger partial charge in [0, 0.05) is 12.6 Å². The van der Waals surface area contributed by atoms with Gasteiger partial charge in [-0.15, -0.1) is 0 Å². The van der Waals surface area contributed by atoms with Crippen molar-refractivity contribution in [2.45, 2.75) is 37.6 Å². The molecule has 1 fully saturated rings. The number of nitrogens with zero attached hydrogens (tertiary/aromatic N) is 1. The van der Waals surface area contributed by atoms with Crippen molar-refractivity contribution in [3.8, 4) is 0 Å². The number of carboxylic acids is 1. The van der Waals surface area contributed by atoms with Crippen molar-refractivity contribution in [3.05, 3.63) is 28.8 Å². The van der Waals surface area contributed by atoms with E-state index in [9.17, 15) is 13.2 Å². The SMILES string of the molecule is Cc1cc(C(=O)O)cc(S(=O)(=O)N(CCO)C2CC2)c1C. The Kier molecular flexibility index (Phi) is 4.36. The van der Waals surface area contributed by atoms with Crippen LogP contribution in [0, 0.1) is 13.8 Å². The molecule has 0 saturated heterocycles. The molecule has 0 radical (unpaired) electrons. The van der Waals surface area contributed by atoms with Gasteiger partial charge in [0.1, 0.15) is 0 Å². The number of aliphatic hydroxyl groups is 1. The molecule has 1 aromatic rings. The summed E-state index contributed by atoms with van der Waals surface area (Å²) >= 11 is 0. The van der Waals surface area contributed by atoms with Crippen LogP contribution in [0.5, 0.6) is 0 Å². The summed E-state index contributed by atoms with van der Waals surface area (Å²) in [6.45, 7) is 3.13. The molecular weight excluding hydrogens is 294 g/mol. The highest BCUT2D eigenvalue weighted by Gasteiger charge is 2.38. The first-order chi connectivity index (χ1) is 9.78. The molecule has 0 amide bonds. The summed E-state index contributed by atoms with van der Waals surface area (Å²) in [5.41, 5.74) is 1.12. The Balaban J connectivity index is 2.55. The Hall–Kier alpha value is -1.44. The topological polar surface area (TPSA) is 94.9 Å². The van der Waals surface area contributed by atoms with E-state index in [0.29, 0.717) is 11.1 Å². The first-order valence-corrected chi connectivity index (χ1v) is 8.20. The van der Waals surface area contributed by atoms with Gasteiger partial charge >= 0.3 is 5.97 Å². The number of rotatable bonds is 6. The van der Waals surface area contributed by atoms with Gasteiger partial charge in [-0.2, -0.15) is 4.31 Å².